The SMILES string of the molecule is O=C(Nc1ccc2c(c1)B(O)OC21CCC1)c1ccc(F)cc1C(F)(F)F. The molecule has 0 atom stereocenters. The van der Waals surface area contributed by atoms with Crippen LogP contribution in [0.3, 0.4) is 0 Å². The van der Waals surface area contributed by atoms with Crippen molar-refractivity contribution in [3.8, 4) is 0 Å². The van der Waals surface area contributed by atoms with Gasteiger partial charge in [0.05, 0.1) is 16.7 Å². The number of amides is 1. The van der Waals surface area contributed by atoms with Crippen molar-refractivity contribution in [1.29, 1.82) is 0 Å². The third-order valence-electron chi connectivity index (χ3n) is 5.10. The molecular formula is C18H14BF4NO3. The van der Waals surface area contributed by atoms with Crippen LogP contribution in [0.25, 0.3) is 0 Å². The minimum Gasteiger partial charge on any atom is -0.423 e. The highest BCUT2D eigenvalue weighted by atomic mass is 19.4. The van der Waals surface area contributed by atoms with Crippen LogP contribution in [-0.4, -0.2) is 18.0 Å². The van der Waals surface area contributed by atoms with E-state index in [4.69, 9.17) is 4.65 Å². The molecular weight excluding hydrogens is 365 g/mol. The van der Waals surface area contributed by atoms with Gasteiger partial charge in [-0.2, -0.15) is 13.2 Å². The van der Waals surface area contributed by atoms with Gasteiger partial charge in [-0.3, -0.25) is 4.79 Å². The van der Waals surface area contributed by atoms with Crippen LogP contribution in [0.15, 0.2) is 36.4 Å². The Morgan fingerprint density at radius 1 is 1.19 bits per heavy atom. The highest BCUT2D eigenvalue weighted by Gasteiger charge is 2.50. The number of halogens is 4. The molecule has 4 rings (SSSR count). The van der Waals surface area contributed by atoms with Crippen LogP contribution in [0.5, 0.6) is 0 Å². The fourth-order valence-electron chi connectivity index (χ4n) is 3.63. The molecule has 4 nitrogen and oxygen atoms in total. The number of nitrogens with one attached hydrogen (secondary N) is 1. The average Bonchev–Trinajstić information content (AvgIpc) is 2.87. The molecule has 1 amide bonds. The van der Waals surface area contributed by atoms with Crippen LogP contribution in [0.2, 0.25) is 0 Å². The highest BCUT2D eigenvalue weighted by molar-refractivity contribution is 6.62. The van der Waals surface area contributed by atoms with E-state index in [0.717, 1.165) is 37.0 Å². The van der Waals surface area contributed by atoms with Gasteiger partial charge in [-0.15, -0.1) is 0 Å². The smallest absolute Gasteiger partial charge is 0.423 e. The van der Waals surface area contributed by atoms with Gasteiger partial charge in [0.25, 0.3) is 5.91 Å². The Hall–Kier alpha value is -2.39. The molecule has 0 radical (unpaired) electrons. The Bertz CT molecular complexity index is 927. The number of fused-ring (bicyclic) bond motifs is 2. The minimum atomic E-state index is -4.87. The second-order valence-electron chi connectivity index (χ2n) is 6.76. The molecule has 1 heterocycles. The van der Waals surface area contributed by atoms with Gasteiger partial charge in [0.15, 0.2) is 0 Å². The third-order valence-corrected chi connectivity index (χ3v) is 5.10. The van der Waals surface area contributed by atoms with E-state index in [0.29, 0.717) is 5.46 Å². The monoisotopic (exact) mass is 379 g/mol. The lowest BCUT2D eigenvalue weighted by Crippen LogP contribution is -2.35. The first kappa shape index (κ1) is 18.0. The van der Waals surface area contributed by atoms with Gasteiger partial charge in [-0.05, 0) is 60.6 Å². The van der Waals surface area contributed by atoms with Crippen LogP contribution < -0.4 is 10.8 Å². The van der Waals surface area contributed by atoms with Gasteiger partial charge in [0.1, 0.15) is 5.82 Å². The molecule has 2 aromatic rings. The van der Waals surface area contributed by atoms with E-state index in [2.05, 4.69) is 5.32 Å². The third kappa shape index (κ3) is 3.00. The van der Waals surface area contributed by atoms with Crippen molar-refractivity contribution in [3.63, 3.8) is 0 Å². The standard InChI is InChI=1S/C18H14BF4NO3/c20-10-2-4-12(14(8-10)18(21,22)23)16(25)24-11-3-5-13-15(9-11)19(26)27-17(13)6-1-7-17/h2-5,8-9,26H,1,6-7H2,(H,24,25). The summed E-state index contributed by atoms with van der Waals surface area (Å²) in [6, 6.07) is 6.62. The summed E-state index contributed by atoms with van der Waals surface area (Å²) in [6.45, 7) is 0. The Kier molecular flexibility index (Phi) is 4.05. The Morgan fingerprint density at radius 3 is 2.56 bits per heavy atom. The second-order valence-corrected chi connectivity index (χ2v) is 6.76. The topological polar surface area (TPSA) is 58.6 Å². The molecule has 9 heteroatoms. The summed E-state index contributed by atoms with van der Waals surface area (Å²) in [6.07, 6.45) is -2.32. The van der Waals surface area contributed by atoms with E-state index >= 15 is 0 Å². The maximum absolute atomic E-state index is 13.2. The first-order valence-corrected chi connectivity index (χ1v) is 8.38. The van der Waals surface area contributed by atoms with Crippen LogP contribution >= 0.6 is 0 Å². The maximum atomic E-state index is 13.2. The number of anilines is 1. The minimum absolute atomic E-state index is 0.218. The lowest BCUT2D eigenvalue weighted by atomic mass is 9.72. The van der Waals surface area contributed by atoms with Crippen molar-refractivity contribution in [2.45, 2.75) is 31.0 Å². The van der Waals surface area contributed by atoms with Crippen LogP contribution in [0.1, 0.15) is 40.7 Å². The van der Waals surface area contributed by atoms with Crippen LogP contribution in [0.4, 0.5) is 23.2 Å². The molecule has 0 aromatic heterocycles. The molecule has 2 N–H and O–H groups in total. The summed E-state index contributed by atoms with van der Waals surface area (Å²) in [5.41, 5.74) is -0.998. The molecule has 140 valence electrons. The second kappa shape index (κ2) is 6.07. The molecule has 27 heavy (non-hydrogen) atoms. The van der Waals surface area contributed by atoms with Crippen molar-refractivity contribution in [1.82, 2.24) is 0 Å². The summed E-state index contributed by atoms with van der Waals surface area (Å²) >= 11 is 0. The van der Waals surface area contributed by atoms with Crippen LogP contribution in [-0.2, 0) is 16.4 Å². The largest absolute Gasteiger partial charge is 0.492 e. The van der Waals surface area contributed by atoms with Crippen molar-refractivity contribution in [3.05, 3.63) is 58.9 Å². The summed E-state index contributed by atoms with van der Waals surface area (Å²) < 4.78 is 58.1. The van der Waals surface area contributed by atoms with Gasteiger partial charge >= 0.3 is 13.3 Å². The van der Waals surface area contributed by atoms with Crippen molar-refractivity contribution >= 4 is 24.2 Å². The number of rotatable bonds is 2. The zero-order valence-corrected chi connectivity index (χ0v) is 13.9. The molecule has 1 aliphatic carbocycles. The fraction of sp³-hybridized carbons (Fsp3) is 0.278. The van der Waals surface area contributed by atoms with E-state index in [9.17, 15) is 27.4 Å². The van der Waals surface area contributed by atoms with Gasteiger partial charge in [-0.1, -0.05) is 6.07 Å². The lowest BCUT2D eigenvalue weighted by molar-refractivity contribution is -0.138. The highest BCUT2D eigenvalue weighted by Crippen LogP contribution is 2.47. The summed E-state index contributed by atoms with van der Waals surface area (Å²) in [4.78, 5) is 12.3. The van der Waals surface area contributed by atoms with Gasteiger partial charge in [0, 0.05) is 5.69 Å². The quantitative estimate of drug-likeness (QED) is 0.623. The molecule has 1 saturated carbocycles. The average molecular weight is 379 g/mol. The molecule has 0 unspecified atom stereocenters. The van der Waals surface area contributed by atoms with Crippen LogP contribution in [0, 0.1) is 5.82 Å². The number of benzene rings is 2. The number of carbonyl (C=O) groups excluding carboxylic acids is 1. The lowest BCUT2D eigenvalue weighted by Gasteiger charge is -2.39. The van der Waals surface area contributed by atoms with Crippen molar-refractivity contribution in [2.24, 2.45) is 0 Å². The fourth-order valence-corrected chi connectivity index (χ4v) is 3.63. The zero-order valence-electron chi connectivity index (χ0n) is 13.9. The zero-order chi connectivity index (χ0) is 19.4. The molecule has 0 saturated heterocycles. The van der Waals surface area contributed by atoms with Gasteiger partial charge < -0.3 is 15.0 Å². The predicted octanol–water partition coefficient (Wildman–Crippen LogP) is 3.19. The van der Waals surface area contributed by atoms with E-state index in [1.807, 2.05) is 0 Å². The Balaban J connectivity index is 1.63. The number of hydrogen-bond donors (Lipinski definition) is 2. The summed E-state index contributed by atoms with van der Waals surface area (Å²) in [7, 11) is -1.14. The molecule has 0 bridgehead atoms. The van der Waals surface area contributed by atoms with E-state index in [1.54, 1.807) is 12.1 Å². The first-order chi connectivity index (χ1) is 12.7. The molecule has 2 aliphatic rings. The Labute approximate surface area is 152 Å². The van der Waals surface area contributed by atoms with Gasteiger partial charge in [0.2, 0.25) is 0 Å². The molecule has 1 fully saturated rings. The van der Waals surface area contributed by atoms with E-state index in [-0.39, 0.29) is 11.8 Å². The number of hydrogen-bond acceptors (Lipinski definition) is 3. The van der Waals surface area contributed by atoms with Crippen molar-refractivity contribution in [2.75, 3.05) is 5.32 Å². The molecule has 1 spiro atoms. The van der Waals surface area contributed by atoms with Crippen molar-refractivity contribution < 1.29 is 32.0 Å². The van der Waals surface area contributed by atoms with E-state index < -0.39 is 41.7 Å². The van der Waals surface area contributed by atoms with E-state index in [1.165, 1.54) is 6.07 Å². The maximum Gasteiger partial charge on any atom is 0.492 e. The first-order valence-electron chi connectivity index (χ1n) is 8.38. The Morgan fingerprint density at radius 2 is 1.93 bits per heavy atom. The predicted molar refractivity (Wildman–Crippen MR) is 90.0 cm³/mol. The van der Waals surface area contributed by atoms with Gasteiger partial charge in [-0.25, -0.2) is 4.39 Å². The number of carbonyl (C=O) groups is 1. The summed E-state index contributed by atoms with van der Waals surface area (Å²) in [5.74, 6) is -2.10. The molecule has 1 aliphatic heterocycles. The molecule has 2 aromatic carbocycles. The normalized spacial score (nSPS) is 17.6. The number of alkyl halides is 3. The summed E-state index contributed by atoms with van der Waals surface area (Å²) in [5, 5.41) is 12.5.